The van der Waals surface area contributed by atoms with Crippen LogP contribution in [0.1, 0.15) is 72.0 Å². The van der Waals surface area contributed by atoms with Crippen LogP contribution in [-0.4, -0.2) is 54.3 Å². The molecule has 0 radical (unpaired) electrons. The van der Waals surface area contributed by atoms with Crippen LogP contribution >= 0.6 is 0 Å². The second-order valence-electron chi connectivity index (χ2n) is 10.7. The molecular formula is C33H36N2O5. The van der Waals surface area contributed by atoms with E-state index in [9.17, 15) is 14.4 Å². The number of aromatic nitrogens is 1. The van der Waals surface area contributed by atoms with E-state index >= 15 is 0 Å². The molecular weight excluding hydrogens is 504 g/mol. The number of ether oxygens (including phenoxy) is 2. The van der Waals surface area contributed by atoms with Gasteiger partial charge in [-0.25, -0.2) is 4.98 Å². The van der Waals surface area contributed by atoms with Gasteiger partial charge in [-0.3, -0.25) is 14.4 Å². The van der Waals surface area contributed by atoms with Gasteiger partial charge in [0, 0.05) is 25.7 Å². The van der Waals surface area contributed by atoms with Crippen LogP contribution in [0.2, 0.25) is 0 Å². The smallest absolute Gasteiger partial charge is 0.321 e. The molecule has 2 aromatic carbocycles. The standard InChI is InChI=1S/C33H36N2O5/c1-3-20-40-32(38)33(24-10-5-4-6-11-24)17-15-26(25-12-7-8-14-28(25)33)31(37)35-19-16-23(22-35)21-29(36)27-13-9-18-34-30(27)39-2/h4-14,18,23,26H,3,15-17,19-22H2,1-2H3/t23-,26?,33-/m0/s1. The minimum Gasteiger partial charge on any atom is -0.480 e. The lowest BCUT2D eigenvalue weighted by Crippen LogP contribution is -2.45. The number of hydrogen-bond acceptors (Lipinski definition) is 6. The van der Waals surface area contributed by atoms with E-state index in [0.717, 1.165) is 29.5 Å². The third-order valence-corrected chi connectivity index (χ3v) is 8.29. The molecule has 3 atom stereocenters. The monoisotopic (exact) mass is 540 g/mol. The molecule has 1 saturated heterocycles. The van der Waals surface area contributed by atoms with E-state index in [2.05, 4.69) is 4.98 Å². The van der Waals surface area contributed by atoms with Crippen molar-refractivity contribution in [3.8, 4) is 5.88 Å². The number of methoxy groups -OCH3 is 1. The number of ketones is 1. The molecule has 0 N–H and O–H groups in total. The van der Waals surface area contributed by atoms with Crippen LogP contribution in [0.5, 0.6) is 5.88 Å². The van der Waals surface area contributed by atoms with Crippen molar-refractivity contribution in [3.05, 3.63) is 95.2 Å². The fourth-order valence-electron chi connectivity index (χ4n) is 6.33. The van der Waals surface area contributed by atoms with E-state index in [0.29, 0.717) is 50.4 Å². The number of Topliss-reactive ketones (excluding diaryl/α,β-unsaturated/α-hetero) is 1. The van der Waals surface area contributed by atoms with E-state index < -0.39 is 5.41 Å². The first-order valence-corrected chi connectivity index (χ1v) is 14.1. The van der Waals surface area contributed by atoms with Crippen LogP contribution in [0.15, 0.2) is 72.9 Å². The van der Waals surface area contributed by atoms with E-state index in [1.165, 1.54) is 7.11 Å². The summed E-state index contributed by atoms with van der Waals surface area (Å²) in [5.41, 5.74) is 2.15. The average Bonchev–Trinajstić information content (AvgIpc) is 3.47. The van der Waals surface area contributed by atoms with Crippen molar-refractivity contribution in [1.82, 2.24) is 9.88 Å². The van der Waals surface area contributed by atoms with Crippen molar-refractivity contribution < 1.29 is 23.9 Å². The fraction of sp³-hybridized carbons (Fsp3) is 0.394. The second kappa shape index (κ2) is 12.0. The van der Waals surface area contributed by atoms with Crippen molar-refractivity contribution >= 4 is 17.7 Å². The number of carbonyl (C=O) groups is 3. The van der Waals surface area contributed by atoms with Crippen LogP contribution < -0.4 is 4.74 Å². The number of fused-ring (bicyclic) bond motifs is 1. The number of benzene rings is 2. The predicted molar refractivity (Wildman–Crippen MR) is 151 cm³/mol. The highest BCUT2D eigenvalue weighted by atomic mass is 16.5. The summed E-state index contributed by atoms with van der Waals surface area (Å²) >= 11 is 0. The lowest BCUT2D eigenvalue weighted by Gasteiger charge is -2.41. The molecule has 2 aliphatic rings. The molecule has 0 spiro atoms. The third-order valence-electron chi connectivity index (χ3n) is 8.29. The molecule has 7 nitrogen and oxygen atoms in total. The lowest BCUT2D eigenvalue weighted by atomic mass is 9.63. The summed E-state index contributed by atoms with van der Waals surface area (Å²) < 4.78 is 11.0. The SMILES string of the molecule is CCCOC(=O)[C@]1(c2ccccc2)CCC(C(=O)N2CC[C@@H](CC(=O)c3cccnc3OC)C2)c2ccccc21. The number of carbonyl (C=O) groups excluding carboxylic acids is 3. The number of pyridine rings is 1. The summed E-state index contributed by atoms with van der Waals surface area (Å²) in [6.07, 6.45) is 4.48. The van der Waals surface area contributed by atoms with Gasteiger partial charge in [-0.05, 0) is 60.4 Å². The van der Waals surface area contributed by atoms with Crippen LogP contribution in [0.4, 0.5) is 0 Å². The normalized spacial score (nSPS) is 21.9. The molecule has 1 aliphatic carbocycles. The van der Waals surface area contributed by atoms with Gasteiger partial charge >= 0.3 is 5.97 Å². The molecule has 2 heterocycles. The maximum atomic E-state index is 13.9. The quantitative estimate of drug-likeness (QED) is 0.269. The summed E-state index contributed by atoms with van der Waals surface area (Å²) in [5.74, 6) is -0.163. The Kier molecular flexibility index (Phi) is 8.29. The molecule has 1 amide bonds. The number of nitrogens with zero attached hydrogens (tertiary/aromatic N) is 2. The first kappa shape index (κ1) is 27.6. The highest BCUT2D eigenvalue weighted by molar-refractivity contribution is 5.98. The Bertz CT molecular complexity index is 1370. The van der Waals surface area contributed by atoms with Gasteiger partial charge in [-0.15, -0.1) is 0 Å². The zero-order valence-corrected chi connectivity index (χ0v) is 23.2. The Morgan fingerprint density at radius 2 is 1.77 bits per heavy atom. The van der Waals surface area contributed by atoms with Gasteiger partial charge in [-0.2, -0.15) is 0 Å². The second-order valence-corrected chi connectivity index (χ2v) is 10.7. The number of hydrogen-bond donors (Lipinski definition) is 0. The average molecular weight is 541 g/mol. The summed E-state index contributed by atoms with van der Waals surface area (Å²) in [6.45, 7) is 3.49. The number of esters is 1. The Morgan fingerprint density at radius 3 is 2.55 bits per heavy atom. The van der Waals surface area contributed by atoms with E-state index in [-0.39, 0.29) is 29.5 Å². The van der Waals surface area contributed by atoms with Crippen molar-refractivity contribution in [2.45, 2.75) is 50.4 Å². The maximum Gasteiger partial charge on any atom is 0.321 e. The van der Waals surface area contributed by atoms with Crippen LogP contribution in [0.3, 0.4) is 0 Å². The number of amides is 1. The van der Waals surface area contributed by atoms with Crippen LogP contribution in [0.25, 0.3) is 0 Å². The van der Waals surface area contributed by atoms with Gasteiger partial charge in [0.2, 0.25) is 11.8 Å². The van der Waals surface area contributed by atoms with Gasteiger partial charge < -0.3 is 14.4 Å². The minimum atomic E-state index is -0.952. The van der Waals surface area contributed by atoms with Crippen LogP contribution in [0, 0.1) is 5.92 Å². The molecule has 0 bridgehead atoms. The van der Waals surface area contributed by atoms with Gasteiger partial charge in [0.15, 0.2) is 5.78 Å². The Hall–Kier alpha value is -4.00. The molecule has 1 aliphatic heterocycles. The van der Waals surface area contributed by atoms with Crippen molar-refractivity contribution in [2.75, 3.05) is 26.8 Å². The summed E-state index contributed by atoms with van der Waals surface area (Å²) in [5, 5.41) is 0. The largest absolute Gasteiger partial charge is 0.480 e. The molecule has 1 aromatic heterocycles. The van der Waals surface area contributed by atoms with Gasteiger partial charge in [-0.1, -0.05) is 61.5 Å². The molecule has 208 valence electrons. The topological polar surface area (TPSA) is 85.8 Å². The first-order valence-electron chi connectivity index (χ1n) is 14.1. The number of rotatable bonds is 9. The Labute approximate surface area is 235 Å². The first-order chi connectivity index (χ1) is 19.5. The summed E-state index contributed by atoms with van der Waals surface area (Å²) in [6, 6.07) is 21.1. The molecule has 40 heavy (non-hydrogen) atoms. The molecule has 3 aromatic rings. The van der Waals surface area contributed by atoms with Gasteiger partial charge in [0.25, 0.3) is 0 Å². The third kappa shape index (κ3) is 5.12. The van der Waals surface area contributed by atoms with E-state index in [1.807, 2.05) is 66.4 Å². The zero-order chi connectivity index (χ0) is 28.1. The van der Waals surface area contributed by atoms with E-state index in [1.54, 1.807) is 18.3 Å². The fourth-order valence-corrected chi connectivity index (χ4v) is 6.33. The highest BCUT2D eigenvalue weighted by Gasteiger charge is 2.50. The lowest BCUT2D eigenvalue weighted by molar-refractivity contribution is -0.150. The van der Waals surface area contributed by atoms with E-state index in [4.69, 9.17) is 9.47 Å². The van der Waals surface area contributed by atoms with Crippen molar-refractivity contribution in [2.24, 2.45) is 5.92 Å². The van der Waals surface area contributed by atoms with Crippen molar-refractivity contribution in [1.29, 1.82) is 0 Å². The predicted octanol–water partition coefficient (Wildman–Crippen LogP) is 5.33. The molecule has 5 rings (SSSR count). The minimum absolute atomic E-state index is 0.0227. The van der Waals surface area contributed by atoms with Gasteiger partial charge in [0.05, 0.1) is 25.2 Å². The van der Waals surface area contributed by atoms with Crippen molar-refractivity contribution in [3.63, 3.8) is 0 Å². The highest BCUT2D eigenvalue weighted by Crippen LogP contribution is 2.48. The number of likely N-dealkylation sites (tertiary alicyclic amines) is 1. The van der Waals surface area contributed by atoms with Crippen LogP contribution in [-0.2, 0) is 19.7 Å². The summed E-state index contributed by atoms with van der Waals surface area (Å²) in [7, 11) is 1.51. The molecule has 0 saturated carbocycles. The summed E-state index contributed by atoms with van der Waals surface area (Å²) in [4.78, 5) is 46.7. The zero-order valence-electron chi connectivity index (χ0n) is 23.2. The molecule has 7 heteroatoms. The van der Waals surface area contributed by atoms with Gasteiger partial charge in [0.1, 0.15) is 5.41 Å². The maximum absolute atomic E-state index is 13.9. The Balaban J connectivity index is 1.37. The molecule has 1 unspecified atom stereocenters. The Morgan fingerprint density at radius 1 is 1.00 bits per heavy atom. The molecule has 1 fully saturated rings.